The lowest BCUT2D eigenvalue weighted by Gasteiger charge is -2.24. The maximum atomic E-state index is 12.1. The van der Waals surface area contributed by atoms with E-state index in [4.69, 9.17) is 5.11 Å². The highest BCUT2D eigenvalue weighted by atomic mass is 16.4. The molecule has 102 valence electrons. The summed E-state index contributed by atoms with van der Waals surface area (Å²) >= 11 is 0. The molecule has 2 aliphatic heterocycles. The molecule has 0 aromatic rings. The maximum Gasteiger partial charge on any atom is 0.308 e. The van der Waals surface area contributed by atoms with Crippen molar-refractivity contribution in [3.8, 4) is 0 Å². The zero-order chi connectivity index (χ0) is 13.1. The van der Waals surface area contributed by atoms with Crippen LogP contribution in [-0.2, 0) is 9.59 Å². The summed E-state index contributed by atoms with van der Waals surface area (Å²) in [6, 6.07) is 0. The fourth-order valence-corrected chi connectivity index (χ4v) is 2.95. The molecule has 2 aliphatic rings. The fraction of sp³-hybridized carbons (Fsp3) is 0.846. The first-order valence-electron chi connectivity index (χ1n) is 6.79. The number of carbonyl (C=O) groups excluding carboxylic acids is 1. The second-order valence-corrected chi connectivity index (χ2v) is 5.62. The number of likely N-dealkylation sites (tertiary alicyclic amines) is 1. The lowest BCUT2D eigenvalue weighted by atomic mass is 9.94. The van der Waals surface area contributed by atoms with Crippen LogP contribution in [0.2, 0.25) is 0 Å². The first-order chi connectivity index (χ1) is 8.58. The highest BCUT2D eigenvalue weighted by Gasteiger charge is 2.37. The average Bonchev–Trinajstić information content (AvgIpc) is 2.73. The molecule has 1 amide bonds. The minimum absolute atomic E-state index is 0.0690. The van der Waals surface area contributed by atoms with E-state index >= 15 is 0 Å². The third kappa shape index (κ3) is 3.02. The van der Waals surface area contributed by atoms with Crippen molar-refractivity contribution in [1.29, 1.82) is 0 Å². The molecule has 5 heteroatoms. The molecule has 2 fully saturated rings. The predicted octanol–water partition coefficient (Wildman–Crippen LogP) is 0.555. The number of piperidine rings is 1. The zero-order valence-electron chi connectivity index (χ0n) is 10.9. The number of hydrogen-bond donors (Lipinski definition) is 2. The fourth-order valence-electron chi connectivity index (χ4n) is 2.95. The van der Waals surface area contributed by atoms with Crippen LogP contribution in [0.25, 0.3) is 0 Å². The Morgan fingerprint density at radius 3 is 2.50 bits per heavy atom. The SMILES string of the molecule is C[C@@H]1CN(C(=O)CC2CCNCC2)C[C@H]1C(=O)O. The van der Waals surface area contributed by atoms with Crippen LogP contribution in [0.3, 0.4) is 0 Å². The number of rotatable bonds is 3. The summed E-state index contributed by atoms with van der Waals surface area (Å²) in [5.41, 5.74) is 0. The van der Waals surface area contributed by atoms with Gasteiger partial charge in [0.25, 0.3) is 0 Å². The molecule has 0 aromatic carbocycles. The Kier molecular flexibility index (Phi) is 4.22. The Balaban J connectivity index is 1.84. The molecular formula is C13H22N2O3. The van der Waals surface area contributed by atoms with Crippen molar-refractivity contribution in [1.82, 2.24) is 10.2 Å². The molecule has 0 aliphatic carbocycles. The molecule has 18 heavy (non-hydrogen) atoms. The highest BCUT2D eigenvalue weighted by molar-refractivity contribution is 5.79. The van der Waals surface area contributed by atoms with E-state index in [1.807, 2.05) is 6.92 Å². The van der Waals surface area contributed by atoms with E-state index in [2.05, 4.69) is 5.32 Å². The Bertz CT molecular complexity index is 326. The number of carboxylic acids is 1. The topological polar surface area (TPSA) is 69.6 Å². The Hall–Kier alpha value is -1.10. The summed E-state index contributed by atoms with van der Waals surface area (Å²) in [6.45, 7) is 4.88. The van der Waals surface area contributed by atoms with Crippen molar-refractivity contribution >= 4 is 11.9 Å². The van der Waals surface area contributed by atoms with Gasteiger partial charge in [-0.3, -0.25) is 9.59 Å². The standard InChI is InChI=1S/C13H22N2O3/c1-9-7-15(8-11(9)13(17)18)12(16)6-10-2-4-14-5-3-10/h9-11,14H,2-8H2,1H3,(H,17,18)/t9-,11-/m1/s1. The lowest BCUT2D eigenvalue weighted by Crippen LogP contribution is -2.34. The maximum absolute atomic E-state index is 12.1. The van der Waals surface area contributed by atoms with Crippen LogP contribution in [-0.4, -0.2) is 48.1 Å². The molecule has 0 bridgehead atoms. The monoisotopic (exact) mass is 254 g/mol. The van der Waals surface area contributed by atoms with E-state index < -0.39 is 5.97 Å². The van der Waals surface area contributed by atoms with Crippen molar-refractivity contribution in [2.24, 2.45) is 17.8 Å². The van der Waals surface area contributed by atoms with Crippen LogP contribution >= 0.6 is 0 Å². The minimum Gasteiger partial charge on any atom is -0.481 e. The van der Waals surface area contributed by atoms with Gasteiger partial charge in [-0.05, 0) is 37.8 Å². The molecule has 2 heterocycles. The number of nitrogens with one attached hydrogen (secondary N) is 1. The van der Waals surface area contributed by atoms with Gasteiger partial charge in [-0.2, -0.15) is 0 Å². The summed E-state index contributed by atoms with van der Waals surface area (Å²) in [6.07, 6.45) is 2.69. The first-order valence-corrected chi connectivity index (χ1v) is 6.79. The number of hydrogen-bond acceptors (Lipinski definition) is 3. The Morgan fingerprint density at radius 1 is 1.28 bits per heavy atom. The second kappa shape index (κ2) is 5.69. The van der Waals surface area contributed by atoms with Crippen LogP contribution in [0.15, 0.2) is 0 Å². The zero-order valence-corrected chi connectivity index (χ0v) is 10.9. The summed E-state index contributed by atoms with van der Waals surface area (Å²) in [5, 5.41) is 12.3. The van der Waals surface area contributed by atoms with Crippen molar-refractivity contribution in [2.45, 2.75) is 26.2 Å². The smallest absolute Gasteiger partial charge is 0.308 e. The van der Waals surface area contributed by atoms with Gasteiger partial charge in [0.1, 0.15) is 0 Å². The van der Waals surface area contributed by atoms with Gasteiger partial charge in [-0.25, -0.2) is 0 Å². The average molecular weight is 254 g/mol. The number of aliphatic carboxylic acids is 1. The largest absolute Gasteiger partial charge is 0.481 e. The normalized spacial score (nSPS) is 29.5. The van der Waals surface area contributed by atoms with E-state index in [1.165, 1.54) is 0 Å². The second-order valence-electron chi connectivity index (χ2n) is 5.62. The minimum atomic E-state index is -0.778. The van der Waals surface area contributed by atoms with Gasteiger partial charge >= 0.3 is 5.97 Å². The van der Waals surface area contributed by atoms with Crippen LogP contribution < -0.4 is 5.32 Å². The van der Waals surface area contributed by atoms with Gasteiger partial charge in [-0.15, -0.1) is 0 Å². The number of carbonyl (C=O) groups is 2. The molecular weight excluding hydrogens is 232 g/mol. The molecule has 2 atom stereocenters. The molecule has 0 aromatic heterocycles. The summed E-state index contributed by atoms with van der Waals surface area (Å²) in [4.78, 5) is 24.9. The Morgan fingerprint density at radius 2 is 1.94 bits per heavy atom. The van der Waals surface area contributed by atoms with E-state index in [-0.39, 0.29) is 17.7 Å². The number of amides is 1. The molecule has 0 radical (unpaired) electrons. The van der Waals surface area contributed by atoms with E-state index in [9.17, 15) is 9.59 Å². The van der Waals surface area contributed by atoms with Crippen molar-refractivity contribution < 1.29 is 14.7 Å². The van der Waals surface area contributed by atoms with Gasteiger partial charge in [0.2, 0.25) is 5.91 Å². The molecule has 0 spiro atoms. The summed E-state index contributed by atoms with van der Waals surface area (Å²) in [5.74, 6) is -0.489. The van der Waals surface area contributed by atoms with Crippen LogP contribution in [0.4, 0.5) is 0 Å². The number of carboxylic acid groups (broad SMARTS) is 1. The Labute approximate surface area is 108 Å². The third-order valence-corrected chi connectivity index (χ3v) is 4.20. The van der Waals surface area contributed by atoms with Gasteiger partial charge < -0.3 is 15.3 Å². The molecule has 5 nitrogen and oxygen atoms in total. The van der Waals surface area contributed by atoms with E-state index in [0.29, 0.717) is 25.4 Å². The predicted molar refractivity (Wildman–Crippen MR) is 67.1 cm³/mol. The summed E-state index contributed by atoms with van der Waals surface area (Å²) < 4.78 is 0. The first kappa shape index (κ1) is 13.3. The van der Waals surface area contributed by atoms with Crippen LogP contribution in [0, 0.1) is 17.8 Å². The van der Waals surface area contributed by atoms with Crippen molar-refractivity contribution in [3.05, 3.63) is 0 Å². The van der Waals surface area contributed by atoms with Crippen molar-refractivity contribution in [2.75, 3.05) is 26.2 Å². The van der Waals surface area contributed by atoms with Crippen LogP contribution in [0.1, 0.15) is 26.2 Å². The van der Waals surface area contributed by atoms with Gasteiger partial charge in [-0.1, -0.05) is 6.92 Å². The lowest BCUT2D eigenvalue weighted by molar-refractivity contribution is -0.142. The molecule has 2 rings (SSSR count). The van der Waals surface area contributed by atoms with E-state index in [0.717, 1.165) is 25.9 Å². The molecule has 0 unspecified atom stereocenters. The van der Waals surface area contributed by atoms with Crippen LogP contribution in [0.5, 0.6) is 0 Å². The van der Waals surface area contributed by atoms with Gasteiger partial charge in [0, 0.05) is 19.5 Å². The number of nitrogens with zero attached hydrogens (tertiary/aromatic N) is 1. The quantitative estimate of drug-likeness (QED) is 0.772. The molecule has 2 saturated heterocycles. The molecule has 0 saturated carbocycles. The van der Waals surface area contributed by atoms with Gasteiger partial charge in [0.15, 0.2) is 0 Å². The third-order valence-electron chi connectivity index (χ3n) is 4.20. The molecule has 2 N–H and O–H groups in total. The van der Waals surface area contributed by atoms with E-state index in [1.54, 1.807) is 4.90 Å². The van der Waals surface area contributed by atoms with Gasteiger partial charge in [0.05, 0.1) is 5.92 Å². The summed E-state index contributed by atoms with van der Waals surface area (Å²) in [7, 11) is 0. The highest BCUT2D eigenvalue weighted by Crippen LogP contribution is 2.25. The van der Waals surface area contributed by atoms with Crippen molar-refractivity contribution in [3.63, 3.8) is 0 Å².